The van der Waals surface area contributed by atoms with Crippen LogP contribution in [0.4, 0.5) is 30.5 Å². The number of benzene rings is 1. The first-order valence-corrected chi connectivity index (χ1v) is 11.0. The fraction of sp³-hybridized carbons (Fsp3) is 0.421. The van der Waals surface area contributed by atoms with Gasteiger partial charge in [-0.2, -0.15) is 0 Å². The predicted octanol–water partition coefficient (Wildman–Crippen LogP) is 1.42. The Morgan fingerprint density at radius 3 is 2.88 bits per heavy atom. The normalized spacial score (nSPS) is 18.7. The molecule has 2 aliphatic heterocycles. The van der Waals surface area contributed by atoms with Crippen LogP contribution in [-0.4, -0.2) is 78.7 Å². The molecule has 3 heterocycles. The summed E-state index contributed by atoms with van der Waals surface area (Å²) < 4.78 is 20.2. The van der Waals surface area contributed by atoms with Gasteiger partial charge in [-0.05, 0) is 18.2 Å². The number of ether oxygens (including phenoxy) is 1. The standard InChI is InChI=1S/C19H22FN7O5S/c1-12(28)21-9-14-10-26(19(30)32-14)13-2-3-16(15(20)8-13)25-4-5-27(31-7-6-25)18(29)23-17-24-22-11-33-17/h2-3,8,11,14H,4-7,9-10H2,1H3,(H,21,28)(H,23,24,29)/t14-/m0/s1. The maximum Gasteiger partial charge on any atom is 0.414 e. The summed E-state index contributed by atoms with van der Waals surface area (Å²) >= 11 is 1.18. The number of hydrogen-bond donors (Lipinski definition) is 2. The summed E-state index contributed by atoms with van der Waals surface area (Å²) in [5.41, 5.74) is 2.18. The molecule has 2 fully saturated rings. The molecule has 1 atom stereocenters. The van der Waals surface area contributed by atoms with Crippen molar-refractivity contribution in [3.63, 3.8) is 0 Å². The smallest absolute Gasteiger partial charge is 0.414 e. The minimum Gasteiger partial charge on any atom is -0.442 e. The third kappa shape index (κ3) is 5.46. The number of nitrogens with zero attached hydrogens (tertiary/aromatic N) is 5. The van der Waals surface area contributed by atoms with E-state index in [-0.39, 0.29) is 32.1 Å². The summed E-state index contributed by atoms with van der Waals surface area (Å²) in [6, 6.07) is 4.00. The van der Waals surface area contributed by atoms with Crippen LogP contribution in [0.3, 0.4) is 0 Å². The van der Waals surface area contributed by atoms with E-state index >= 15 is 0 Å². The minimum absolute atomic E-state index is 0.175. The molecule has 1 aromatic heterocycles. The van der Waals surface area contributed by atoms with E-state index in [1.54, 1.807) is 17.0 Å². The number of amides is 4. The van der Waals surface area contributed by atoms with Crippen molar-refractivity contribution in [3.8, 4) is 0 Å². The summed E-state index contributed by atoms with van der Waals surface area (Å²) in [5, 5.41) is 14.1. The van der Waals surface area contributed by atoms with Gasteiger partial charge in [-0.3, -0.25) is 19.8 Å². The van der Waals surface area contributed by atoms with E-state index in [9.17, 15) is 18.8 Å². The van der Waals surface area contributed by atoms with E-state index in [0.717, 1.165) is 0 Å². The minimum atomic E-state index is -0.599. The lowest BCUT2D eigenvalue weighted by molar-refractivity contribution is -0.119. The van der Waals surface area contributed by atoms with Crippen molar-refractivity contribution in [1.29, 1.82) is 0 Å². The molecular formula is C19H22FN7O5S. The van der Waals surface area contributed by atoms with Crippen LogP contribution >= 0.6 is 11.3 Å². The molecule has 2 aromatic rings. The Morgan fingerprint density at radius 2 is 2.15 bits per heavy atom. The molecule has 33 heavy (non-hydrogen) atoms. The Bertz CT molecular complexity index is 1020. The number of hydroxylamine groups is 2. The second-order valence-electron chi connectivity index (χ2n) is 7.29. The van der Waals surface area contributed by atoms with Crippen molar-refractivity contribution in [1.82, 2.24) is 20.6 Å². The first-order valence-electron chi connectivity index (χ1n) is 10.2. The van der Waals surface area contributed by atoms with Gasteiger partial charge in [0.15, 0.2) is 0 Å². The van der Waals surface area contributed by atoms with E-state index in [4.69, 9.17) is 9.57 Å². The van der Waals surface area contributed by atoms with Crippen LogP contribution < -0.4 is 20.4 Å². The van der Waals surface area contributed by atoms with Crippen LogP contribution in [0.5, 0.6) is 0 Å². The Labute approximate surface area is 192 Å². The molecule has 12 nitrogen and oxygen atoms in total. The maximum absolute atomic E-state index is 15.0. The van der Waals surface area contributed by atoms with Crippen molar-refractivity contribution < 1.29 is 28.3 Å². The molecule has 0 unspecified atom stereocenters. The van der Waals surface area contributed by atoms with E-state index < -0.39 is 24.0 Å². The van der Waals surface area contributed by atoms with Crippen molar-refractivity contribution in [3.05, 3.63) is 29.5 Å². The van der Waals surface area contributed by atoms with Crippen molar-refractivity contribution in [2.75, 3.05) is 54.4 Å². The Balaban J connectivity index is 1.37. The number of rotatable bonds is 5. The summed E-state index contributed by atoms with van der Waals surface area (Å²) in [6.07, 6.45) is -1.11. The Morgan fingerprint density at radius 1 is 1.30 bits per heavy atom. The molecule has 0 saturated carbocycles. The summed E-state index contributed by atoms with van der Waals surface area (Å²) in [7, 11) is 0. The van der Waals surface area contributed by atoms with Crippen LogP contribution in [-0.2, 0) is 14.4 Å². The highest BCUT2D eigenvalue weighted by molar-refractivity contribution is 7.13. The highest BCUT2D eigenvalue weighted by Gasteiger charge is 2.33. The molecule has 0 bridgehead atoms. The zero-order valence-corrected chi connectivity index (χ0v) is 18.5. The summed E-state index contributed by atoms with van der Waals surface area (Å²) in [5.74, 6) is -0.741. The highest BCUT2D eigenvalue weighted by atomic mass is 32.1. The van der Waals surface area contributed by atoms with Crippen LogP contribution in [0.1, 0.15) is 6.92 Å². The lowest BCUT2D eigenvalue weighted by Gasteiger charge is -2.23. The largest absolute Gasteiger partial charge is 0.442 e. The third-order valence-electron chi connectivity index (χ3n) is 5.02. The number of aromatic nitrogens is 2. The van der Waals surface area contributed by atoms with Gasteiger partial charge in [0.1, 0.15) is 17.4 Å². The average molecular weight is 479 g/mol. The van der Waals surface area contributed by atoms with Gasteiger partial charge >= 0.3 is 12.1 Å². The van der Waals surface area contributed by atoms with Crippen LogP contribution in [0.2, 0.25) is 0 Å². The molecule has 14 heteroatoms. The van der Waals surface area contributed by atoms with Gasteiger partial charge in [0, 0.05) is 20.0 Å². The molecule has 1 aromatic carbocycles. The van der Waals surface area contributed by atoms with Crippen LogP contribution in [0.25, 0.3) is 0 Å². The number of halogens is 1. The number of carbonyl (C=O) groups is 3. The van der Waals surface area contributed by atoms with Crippen LogP contribution in [0, 0.1) is 5.82 Å². The van der Waals surface area contributed by atoms with Gasteiger partial charge in [0.2, 0.25) is 11.0 Å². The van der Waals surface area contributed by atoms with Crippen LogP contribution in [0.15, 0.2) is 23.7 Å². The second kappa shape index (κ2) is 9.95. The lowest BCUT2D eigenvalue weighted by atomic mass is 10.2. The summed E-state index contributed by atoms with van der Waals surface area (Å²) in [4.78, 5) is 44.1. The third-order valence-corrected chi connectivity index (χ3v) is 5.62. The maximum atomic E-state index is 15.0. The van der Waals surface area contributed by atoms with Gasteiger partial charge < -0.3 is 15.0 Å². The zero-order valence-electron chi connectivity index (χ0n) is 17.7. The first-order chi connectivity index (χ1) is 15.9. The summed E-state index contributed by atoms with van der Waals surface area (Å²) in [6.45, 7) is 2.85. The number of cyclic esters (lactones) is 1. The zero-order chi connectivity index (χ0) is 23.4. The molecule has 0 aliphatic carbocycles. The Kier molecular flexibility index (Phi) is 6.84. The Hall–Kier alpha value is -3.52. The fourth-order valence-corrected chi connectivity index (χ4v) is 3.88. The SMILES string of the molecule is CC(=O)NC[C@H]1CN(c2ccc(N3CCON(C(=O)Nc4nncs4)CC3)c(F)c2)C(=O)O1. The average Bonchev–Trinajstić information content (AvgIpc) is 3.35. The van der Waals surface area contributed by atoms with Gasteiger partial charge in [0.25, 0.3) is 0 Å². The highest BCUT2D eigenvalue weighted by Crippen LogP contribution is 2.28. The predicted molar refractivity (Wildman–Crippen MR) is 116 cm³/mol. The molecular weight excluding hydrogens is 457 g/mol. The second-order valence-corrected chi connectivity index (χ2v) is 8.12. The van der Waals surface area contributed by atoms with Crippen molar-refractivity contribution in [2.24, 2.45) is 0 Å². The number of carbonyl (C=O) groups excluding carboxylic acids is 3. The molecule has 4 rings (SSSR count). The van der Waals surface area contributed by atoms with Crippen molar-refractivity contribution >= 4 is 45.9 Å². The van der Waals surface area contributed by atoms with E-state index in [2.05, 4.69) is 20.8 Å². The number of nitrogens with one attached hydrogen (secondary N) is 2. The van der Waals surface area contributed by atoms with E-state index in [1.807, 2.05) is 0 Å². The van der Waals surface area contributed by atoms with Gasteiger partial charge in [-0.15, -0.1) is 10.2 Å². The molecule has 2 aliphatic rings. The van der Waals surface area contributed by atoms with Gasteiger partial charge in [0.05, 0.1) is 37.6 Å². The molecule has 0 radical (unpaired) electrons. The topological polar surface area (TPSA) is 129 Å². The quantitative estimate of drug-likeness (QED) is 0.659. The molecule has 176 valence electrons. The van der Waals surface area contributed by atoms with E-state index in [1.165, 1.54) is 39.8 Å². The lowest BCUT2D eigenvalue weighted by Crippen LogP contribution is -2.37. The molecule has 0 spiro atoms. The van der Waals surface area contributed by atoms with Gasteiger partial charge in [-0.25, -0.2) is 19.0 Å². The number of hydrogen-bond acceptors (Lipinski definition) is 9. The molecule has 4 amide bonds. The number of anilines is 3. The molecule has 2 saturated heterocycles. The van der Waals surface area contributed by atoms with E-state index in [0.29, 0.717) is 29.6 Å². The number of urea groups is 1. The fourth-order valence-electron chi connectivity index (χ4n) is 3.45. The first kappa shape index (κ1) is 22.7. The van der Waals surface area contributed by atoms with Crippen molar-refractivity contribution in [2.45, 2.75) is 13.0 Å². The molecule has 2 N–H and O–H groups in total. The van der Waals surface area contributed by atoms with Gasteiger partial charge in [-0.1, -0.05) is 11.3 Å². The monoisotopic (exact) mass is 479 g/mol.